The van der Waals surface area contributed by atoms with Gasteiger partial charge in [0.2, 0.25) is 11.8 Å². The summed E-state index contributed by atoms with van der Waals surface area (Å²) in [6, 6.07) is 16.3. The van der Waals surface area contributed by atoms with E-state index in [2.05, 4.69) is 0 Å². The van der Waals surface area contributed by atoms with Crippen molar-refractivity contribution in [3.8, 4) is 0 Å². The number of amides is 2. The van der Waals surface area contributed by atoms with Crippen LogP contribution in [0.15, 0.2) is 60.7 Å². The molecule has 1 N–H and O–H groups in total. The van der Waals surface area contributed by atoms with Gasteiger partial charge in [-0.3, -0.25) is 14.5 Å². The summed E-state index contributed by atoms with van der Waals surface area (Å²) in [7, 11) is 0. The molecule has 0 radical (unpaired) electrons. The van der Waals surface area contributed by atoms with E-state index in [1.54, 1.807) is 24.3 Å². The monoisotopic (exact) mass is 335 g/mol. The number of nitrogens with zero attached hydrogens (tertiary/aromatic N) is 1. The van der Waals surface area contributed by atoms with E-state index in [0.717, 1.165) is 11.6 Å². The average molecular weight is 335 g/mol. The van der Waals surface area contributed by atoms with Crippen molar-refractivity contribution >= 4 is 29.5 Å². The molecule has 0 saturated carbocycles. The first-order valence-corrected chi connectivity index (χ1v) is 7.96. The van der Waals surface area contributed by atoms with Gasteiger partial charge in [0.1, 0.15) is 0 Å². The second kappa shape index (κ2) is 7.13. The fourth-order valence-electron chi connectivity index (χ4n) is 2.96. The van der Waals surface area contributed by atoms with Gasteiger partial charge in [0, 0.05) is 12.5 Å². The second-order valence-corrected chi connectivity index (χ2v) is 5.92. The van der Waals surface area contributed by atoms with Crippen molar-refractivity contribution in [1.29, 1.82) is 0 Å². The van der Waals surface area contributed by atoms with E-state index in [1.807, 2.05) is 30.3 Å². The van der Waals surface area contributed by atoms with Crippen molar-refractivity contribution in [3.05, 3.63) is 71.8 Å². The molecular weight excluding hydrogens is 318 g/mol. The van der Waals surface area contributed by atoms with Crippen LogP contribution in [0, 0.1) is 5.92 Å². The number of benzene rings is 2. The Balaban J connectivity index is 1.81. The fourth-order valence-corrected chi connectivity index (χ4v) is 2.96. The highest BCUT2D eigenvalue weighted by Crippen LogP contribution is 2.29. The summed E-state index contributed by atoms with van der Waals surface area (Å²) in [5.74, 6) is -1.87. The third kappa shape index (κ3) is 3.83. The highest BCUT2D eigenvalue weighted by Gasteiger charge is 2.39. The SMILES string of the molecule is O=C(O)C=Cc1cccc(N2C(=O)C[C@@H](Cc3ccccc3)C2=O)c1. The van der Waals surface area contributed by atoms with Crippen LogP contribution in [0.5, 0.6) is 0 Å². The van der Waals surface area contributed by atoms with Crippen molar-refractivity contribution in [3.63, 3.8) is 0 Å². The summed E-state index contributed by atoms with van der Waals surface area (Å²) >= 11 is 0. The first-order valence-electron chi connectivity index (χ1n) is 7.96. The molecule has 0 aromatic heterocycles. The molecule has 1 fully saturated rings. The number of hydrogen-bond acceptors (Lipinski definition) is 3. The Morgan fingerprint density at radius 1 is 1.12 bits per heavy atom. The highest BCUT2D eigenvalue weighted by atomic mass is 16.4. The molecule has 0 spiro atoms. The van der Waals surface area contributed by atoms with Crippen LogP contribution in [0.25, 0.3) is 6.08 Å². The summed E-state index contributed by atoms with van der Waals surface area (Å²) in [6.07, 6.45) is 3.16. The van der Waals surface area contributed by atoms with Crippen LogP contribution in [0.3, 0.4) is 0 Å². The molecule has 5 heteroatoms. The van der Waals surface area contributed by atoms with Gasteiger partial charge < -0.3 is 5.11 Å². The van der Waals surface area contributed by atoms with Crippen LogP contribution in [0.1, 0.15) is 17.5 Å². The van der Waals surface area contributed by atoms with Crippen molar-refractivity contribution in [2.24, 2.45) is 5.92 Å². The maximum Gasteiger partial charge on any atom is 0.328 e. The quantitative estimate of drug-likeness (QED) is 0.673. The van der Waals surface area contributed by atoms with Crippen molar-refractivity contribution in [2.75, 3.05) is 4.90 Å². The predicted octanol–water partition coefficient (Wildman–Crippen LogP) is 2.91. The van der Waals surface area contributed by atoms with Crippen LogP contribution < -0.4 is 4.90 Å². The summed E-state index contributed by atoms with van der Waals surface area (Å²) in [5.41, 5.74) is 2.11. The number of carbonyl (C=O) groups excluding carboxylic acids is 2. The Morgan fingerprint density at radius 2 is 1.88 bits per heavy atom. The molecular formula is C20H17NO4. The zero-order chi connectivity index (χ0) is 17.8. The molecule has 0 bridgehead atoms. The van der Waals surface area contributed by atoms with Crippen LogP contribution in [-0.2, 0) is 20.8 Å². The van der Waals surface area contributed by atoms with Gasteiger partial charge in [0.15, 0.2) is 0 Å². The number of rotatable bonds is 5. The van der Waals surface area contributed by atoms with Crippen molar-refractivity contribution < 1.29 is 19.5 Å². The fraction of sp³-hybridized carbons (Fsp3) is 0.150. The van der Waals surface area contributed by atoms with Gasteiger partial charge in [-0.15, -0.1) is 0 Å². The van der Waals surface area contributed by atoms with E-state index < -0.39 is 5.97 Å². The topological polar surface area (TPSA) is 74.7 Å². The third-order valence-electron chi connectivity index (χ3n) is 4.11. The van der Waals surface area contributed by atoms with Crippen LogP contribution in [-0.4, -0.2) is 22.9 Å². The number of imide groups is 1. The lowest BCUT2D eigenvalue weighted by atomic mass is 9.98. The molecule has 1 aliphatic rings. The van der Waals surface area contributed by atoms with Crippen LogP contribution in [0.4, 0.5) is 5.69 Å². The summed E-state index contributed by atoms with van der Waals surface area (Å²) in [4.78, 5) is 36.9. The Kier molecular flexibility index (Phi) is 4.75. The Labute approximate surface area is 145 Å². The number of anilines is 1. The average Bonchev–Trinajstić information content (AvgIpc) is 2.88. The summed E-state index contributed by atoms with van der Waals surface area (Å²) < 4.78 is 0. The van der Waals surface area contributed by atoms with Gasteiger partial charge in [-0.1, -0.05) is 42.5 Å². The molecule has 1 saturated heterocycles. The zero-order valence-corrected chi connectivity index (χ0v) is 13.5. The van der Waals surface area contributed by atoms with E-state index in [1.165, 1.54) is 11.0 Å². The molecule has 5 nitrogen and oxygen atoms in total. The van der Waals surface area contributed by atoms with Gasteiger partial charge in [0.25, 0.3) is 0 Å². The molecule has 0 aliphatic carbocycles. The summed E-state index contributed by atoms with van der Waals surface area (Å²) in [5, 5.41) is 8.71. The van der Waals surface area contributed by atoms with E-state index in [9.17, 15) is 14.4 Å². The van der Waals surface area contributed by atoms with Crippen LogP contribution in [0.2, 0.25) is 0 Å². The van der Waals surface area contributed by atoms with Crippen molar-refractivity contribution in [2.45, 2.75) is 12.8 Å². The Bertz CT molecular complexity index is 842. The maximum absolute atomic E-state index is 12.7. The van der Waals surface area contributed by atoms with E-state index in [0.29, 0.717) is 17.7 Å². The minimum Gasteiger partial charge on any atom is -0.478 e. The van der Waals surface area contributed by atoms with E-state index >= 15 is 0 Å². The lowest BCUT2D eigenvalue weighted by Crippen LogP contribution is -2.30. The number of aliphatic carboxylic acids is 1. The number of hydrogen-bond donors (Lipinski definition) is 1. The molecule has 0 unspecified atom stereocenters. The molecule has 2 aromatic rings. The molecule has 1 atom stereocenters. The highest BCUT2D eigenvalue weighted by molar-refractivity contribution is 6.21. The van der Waals surface area contributed by atoms with Gasteiger partial charge in [-0.25, -0.2) is 4.79 Å². The molecule has 1 heterocycles. The van der Waals surface area contributed by atoms with Crippen LogP contribution >= 0.6 is 0 Å². The molecule has 126 valence electrons. The number of carbonyl (C=O) groups is 3. The Hall–Kier alpha value is -3.21. The maximum atomic E-state index is 12.7. The predicted molar refractivity (Wildman–Crippen MR) is 93.9 cm³/mol. The van der Waals surface area contributed by atoms with Gasteiger partial charge in [-0.2, -0.15) is 0 Å². The summed E-state index contributed by atoms with van der Waals surface area (Å²) in [6.45, 7) is 0. The number of carboxylic acid groups (broad SMARTS) is 1. The smallest absolute Gasteiger partial charge is 0.328 e. The van der Waals surface area contributed by atoms with Crippen molar-refractivity contribution in [1.82, 2.24) is 0 Å². The van der Waals surface area contributed by atoms with E-state index in [4.69, 9.17) is 5.11 Å². The largest absolute Gasteiger partial charge is 0.478 e. The second-order valence-electron chi connectivity index (χ2n) is 5.92. The number of carboxylic acids is 1. The third-order valence-corrected chi connectivity index (χ3v) is 4.11. The molecule has 1 aliphatic heterocycles. The minimum atomic E-state index is -1.05. The molecule has 2 amide bonds. The first kappa shape index (κ1) is 16.6. The van der Waals surface area contributed by atoms with Gasteiger partial charge in [0.05, 0.1) is 11.6 Å². The standard InChI is InChI=1S/C20H17NO4/c22-18-13-16(11-14-5-2-1-3-6-14)20(25)21(18)17-8-4-7-15(12-17)9-10-19(23)24/h1-10,12,16H,11,13H2,(H,23,24)/t16-/m1/s1. The van der Waals surface area contributed by atoms with Gasteiger partial charge in [-0.05, 0) is 35.8 Å². The lowest BCUT2D eigenvalue weighted by Gasteiger charge is -2.15. The molecule has 25 heavy (non-hydrogen) atoms. The first-order chi connectivity index (χ1) is 12.0. The molecule has 3 rings (SSSR count). The zero-order valence-electron chi connectivity index (χ0n) is 13.5. The normalized spacial score (nSPS) is 17.4. The van der Waals surface area contributed by atoms with E-state index in [-0.39, 0.29) is 24.2 Å². The van der Waals surface area contributed by atoms with Gasteiger partial charge >= 0.3 is 5.97 Å². The Morgan fingerprint density at radius 3 is 2.60 bits per heavy atom. The lowest BCUT2D eigenvalue weighted by molar-refractivity contribution is -0.131. The molecule has 2 aromatic carbocycles. The minimum absolute atomic E-state index is 0.183.